The van der Waals surface area contributed by atoms with Gasteiger partial charge < -0.3 is 9.30 Å². The quantitative estimate of drug-likeness (QED) is 0.561. The van der Waals surface area contributed by atoms with Gasteiger partial charge in [-0.1, -0.05) is 53.7 Å². The number of aromatic nitrogens is 2. The first-order valence-electron chi connectivity index (χ1n) is 8.16. The number of thioether (sulfide) groups is 1. The Hall–Kier alpha value is -2.11. The smallest absolute Gasteiger partial charge is 0.168 e. The van der Waals surface area contributed by atoms with Crippen LogP contribution in [0.3, 0.4) is 0 Å². The van der Waals surface area contributed by atoms with Crippen molar-refractivity contribution in [3.63, 3.8) is 0 Å². The van der Waals surface area contributed by atoms with E-state index in [0.29, 0.717) is 6.61 Å². The van der Waals surface area contributed by atoms with E-state index in [1.54, 1.807) is 18.9 Å². The first-order valence-corrected chi connectivity index (χ1v) is 9.14. The third-order valence-electron chi connectivity index (χ3n) is 3.97. The molecule has 130 valence electrons. The highest BCUT2D eigenvalue weighted by Gasteiger charge is 2.12. The molecule has 0 radical (unpaired) electrons. The minimum atomic E-state index is -0.211. The maximum atomic E-state index is 13.0. The summed E-state index contributed by atoms with van der Waals surface area (Å²) >= 11 is 1.65. The van der Waals surface area contributed by atoms with Crippen LogP contribution < -0.4 is 0 Å². The number of imidazole rings is 1. The summed E-state index contributed by atoms with van der Waals surface area (Å²) in [6.07, 6.45) is 1.91. The average molecular weight is 356 g/mol. The van der Waals surface area contributed by atoms with Crippen LogP contribution in [0, 0.1) is 12.7 Å². The first-order chi connectivity index (χ1) is 12.2. The second kappa shape index (κ2) is 8.32. The minimum absolute atomic E-state index is 0.211. The van der Waals surface area contributed by atoms with Crippen LogP contribution in [-0.4, -0.2) is 23.3 Å². The molecule has 0 spiro atoms. The van der Waals surface area contributed by atoms with Gasteiger partial charge >= 0.3 is 0 Å². The summed E-state index contributed by atoms with van der Waals surface area (Å²) in [4.78, 5) is 4.60. The van der Waals surface area contributed by atoms with Crippen molar-refractivity contribution >= 4 is 11.8 Å². The molecule has 1 aromatic heterocycles. The molecule has 0 saturated carbocycles. The summed E-state index contributed by atoms with van der Waals surface area (Å²) in [5, 5.41) is 0.942. The fourth-order valence-electron chi connectivity index (χ4n) is 2.56. The van der Waals surface area contributed by atoms with Gasteiger partial charge in [-0.3, -0.25) is 0 Å². The Morgan fingerprint density at radius 2 is 1.80 bits per heavy atom. The van der Waals surface area contributed by atoms with Gasteiger partial charge in [-0.05, 0) is 30.2 Å². The predicted octanol–water partition coefficient (Wildman–Crippen LogP) is 4.94. The third kappa shape index (κ3) is 4.50. The monoisotopic (exact) mass is 356 g/mol. The van der Waals surface area contributed by atoms with Crippen LogP contribution in [0.1, 0.15) is 11.1 Å². The number of halogens is 1. The number of methoxy groups -OCH3 is 1. The van der Waals surface area contributed by atoms with Crippen LogP contribution in [0.2, 0.25) is 0 Å². The maximum Gasteiger partial charge on any atom is 0.168 e. The van der Waals surface area contributed by atoms with E-state index in [4.69, 9.17) is 4.74 Å². The molecule has 0 atom stereocenters. The van der Waals surface area contributed by atoms with E-state index in [2.05, 4.69) is 40.7 Å². The largest absolute Gasteiger partial charge is 0.383 e. The van der Waals surface area contributed by atoms with Gasteiger partial charge in [0.25, 0.3) is 0 Å². The molecule has 0 aliphatic heterocycles. The fraction of sp³-hybridized carbons (Fsp3) is 0.250. The van der Waals surface area contributed by atoms with Crippen molar-refractivity contribution in [2.24, 2.45) is 0 Å². The molecular formula is C20H21FN2OS. The van der Waals surface area contributed by atoms with Gasteiger partial charge in [0.2, 0.25) is 0 Å². The highest BCUT2D eigenvalue weighted by Crippen LogP contribution is 2.28. The molecular weight excluding hydrogens is 335 g/mol. The van der Waals surface area contributed by atoms with Crippen LogP contribution in [0.5, 0.6) is 0 Å². The lowest BCUT2D eigenvalue weighted by atomic mass is 10.1. The molecule has 3 nitrogen and oxygen atoms in total. The Labute approximate surface area is 151 Å². The molecule has 0 fully saturated rings. The van der Waals surface area contributed by atoms with Crippen molar-refractivity contribution in [3.8, 4) is 11.3 Å². The minimum Gasteiger partial charge on any atom is -0.383 e. The summed E-state index contributed by atoms with van der Waals surface area (Å²) in [6.45, 7) is 3.45. The topological polar surface area (TPSA) is 27.1 Å². The standard InChI is InChI=1S/C20H21FN2OS/c1-15-3-7-17(8-4-15)19-13-22-20(23(19)11-12-24-2)25-14-16-5-9-18(21)10-6-16/h3-10,13H,11-12,14H2,1-2H3. The highest BCUT2D eigenvalue weighted by atomic mass is 32.2. The van der Waals surface area contributed by atoms with Gasteiger partial charge in [0.05, 0.1) is 18.5 Å². The second-order valence-corrected chi connectivity index (χ2v) is 6.79. The number of hydrogen-bond donors (Lipinski definition) is 0. The lowest BCUT2D eigenvalue weighted by molar-refractivity contribution is 0.185. The molecule has 0 unspecified atom stereocenters. The van der Waals surface area contributed by atoms with Crippen molar-refractivity contribution in [2.45, 2.75) is 24.4 Å². The molecule has 0 aliphatic carbocycles. The molecule has 5 heteroatoms. The van der Waals surface area contributed by atoms with Gasteiger partial charge in [-0.2, -0.15) is 0 Å². The van der Waals surface area contributed by atoms with Crippen LogP contribution in [0.4, 0.5) is 4.39 Å². The number of nitrogens with zero attached hydrogens (tertiary/aromatic N) is 2. The molecule has 2 aromatic carbocycles. The van der Waals surface area contributed by atoms with Crippen molar-refractivity contribution in [2.75, 3.05) is 13.7 Å². The first kappa shape index (κ1) is 17.7. The average Bonchev–Trinajstić information content (AvgIpc) is 3.03. The molecule has 25 heavy (non-hydrogen) atoms. The van der Waals surface area contributed by atoms with Crippen LogP contribution >= 0.6 is 11.8 Å². The summed E-state index contributed by atoms with van der Waals surface area (Å²) < 4.78 is 20.5. The van der Waals surface area contributed by atoms with Gasteiger partial charge in [-0.15, -0.1) is 0 Å². The molecule has 3 aromatic rings. The summed E-state index contributed by atoms with van der Waals surface area (Å²) in [5.41, 5.74) is 4.53. The number of aryl methyl sites for hydroxylation is 1. The summed E-state index contributed by atoms with van der Waals surface area (Å²) in [6, 6.07) is 15.0. The highest BCUT2D eigenvalue weighted by molar-refractivity contribution is 7.98. The predicted molar refractivity (Wildman–Crippen MR) is 100 cm³/mol. The Morgan fingerprint density at radius 1 is 1.08 bits per heavy atom. The van der Waals surface area contributed by atoms with E-state index in [1.807, 2.05) is 18.3 Å². The van der Waals surface area contributed by atoms with Gasteiger partial charge in [0, 0.05) is 19.4 Å². The number of hydrogen-bond acceptors (Lipinski definition) is 3. The number of rotatable bonds is 7. The van der Waals surface area contributed by atoms with E-state index in [-0.39, 0.29) is 5.82 Å². The van der Waals surface area contributed by atoms with Crippen molar-refractivity contribution in [3.05, 3.63) is 71.7 Å². The van der Waals surface area contributed by atoms with Crippen LogP contribution in [-0.2, 0) is 17.0 Å². The van der Waals surface area contributed by atoms with Crippen LogP contribution in [0.25, 0.3) is 11.3 Å². The molecule has 3 rings (SSSR count). The zero-order chi connectivity index (χ0) is 17.6. The van der Waals surface area contributed by atoms with Gasteiger partial charge in [-0.25, -0.2) is 9.37 Å². The van der Waals surface area contributed by atoms with E-state index >= 15 is 0 Å². The molecule has 0 saturated heterocycles. The number of ether oxygens (including phenoxy) is 1. The van der Waals surface area contributed by atoms with Crippen molar-refractivity contribution < 1.29 is 9.13 Å². The molecule has 1 heterocycles. The molecule has 0 amide bonds. The van der Waals surface area contributed by atoms with E-state index in [9.17, 15) is 4.39 Å². The van der Waals surface area contributed by atoms with Gasteiger partial charge in [0.15, 0.2) is 5.16 Å². The molecule has 0 aliphatic rings. The maximum absolute atomic E-state index is 13.0. The third-order valence-corrected chi connectivity index (χ3v) is 5.03. The Balaban J connectivity index is 1.82. The number of benzene rings is 2. The van der Waals surface area contributed by atoms with E-state index in [0.717, 1.165) is 34.3 Å². The van der Waals surface area contributed by atoms with E-state index < -0.39 is 0 Å². The van der Waals surface area contributed by atoms with Gasteiger partial charge in [0.1, 0.15) is 5.82 Å². The zero-order valence-electron chi connectivity index (χ0n) is 14.4. The van der Waals surface area contributed by atoms with Crippen molar-refractivity contribution in [1.29, 1.82) is 0 Å². The van der Waals surface area contributed by atoms with E-state index in [1.165, 1.54) is 17.7 Å². The Kier molecular flexibility index (Phi) is 5.89. The zero-order valence-corrected chi connectivity index (χ0v) is 15.2. The molecule has 0 N–H and O–H groups in total. The SMILES string of the molecule is COCCn1c(-c2ccc(C)cc2)cnc1SCc1ccc(F)cc1. The normalized spacial score (nSPS) is 11.0. The summed E-state index contributed by atoms with van der Waals surface area (Å²) in [7, 11) is 1.70. The Bertz CT molecular complexity index is 813. The fourth-order valence-corrected chi connectivity index (χ4v) is 3.52. The van der Waals surface area contributed by atoms with Crippen LogP contribution in [0.15, 0.2) is 59.9 Å². The molecule has 0 bridgehead atoms. The second-order valence-electron chi connectivity index (χ2n) is 5.85. The summed E-state index contributed by atoms with van der Waals surface area (Å²) in [5.74, 6) is 0.537. The Morgan fingerprint density at radius 3 is 2.48 bits per heavy atom. The lowest BCUT2D eigenvalue weighted by Gasteiger charge is -2.12. The van der Waals surface area contributed by atoms with Crippen molar-refractivity contribution in [1.82, 2.24) is 9.55 Å². The lowest BCUT2D eigenvalue weighted by Crippen LogP contribution is -2.07.